The number of hydrogen-bond donors (Lipinski definition) is 1. The number of imidazole rings is 1. The van der Waals surface area contributed by atoms with Gasteiger partial charge in [-0.15, -0.1) is 0 Å². The predicted molar refractivity (Wildman–Crippen MR) is 97.1 cm³/mol. The molecule has 0 bridgehead atoms. The molecule has 0 saturated carbocycles. The second kappa shape index (κ2) is 6.05. The topological polar surface area (TPSA) is 72.8 Å². The number of H-pyrrole nitrogens is 1. The van der Waals surface area contributed by atoms with Crippen molar-refractivity contribution in [1.82, 2.24) is 19.5 Å². The zero-order chi connectivity index (χ0) is 17.4. The number of rotatable bonds is 4. The summed E-state index contributed by atoms with van der Waals surface area (Å²) < 4.78 is 6.81. The fourth-order valence-electron chi connectivity index (χ4n) is 2.95. The molecular weight excluding hydrogens is 316 g/mol. The van der Waals surface area contributed by atoms with E-state index in [0.717, 1.165) is 16.9 Å². The van der Waals surface area contributed by atoms with Crippen molar-refractivity contribution >= 4 is 21.9 Å². The number of nitrogens with one attached hydrogen (secondary N) is 1. The Kier molecular flexibility index (Phi) is 3.72. The monoisotopic (exact) mass is 334 g/mol. The van der Waals surface area contributed by atoms with E-state index in [1.54, 1.807) is 36.2 Å². The Labute approximate surface area is 144 Å². The minimum absolute atomic E-state index is 0.0733. The van der Waals surface area contributed by atoms with Crippen molar-refractivity contribution in [3.8, 4) is 5.75 Å². The van der Waals surface area contributed by atoms with Gasteiger partial charge in [0.2, 0.25) is 0 Å². The van der Waals surface area contributed by atoms with E-state index in [4.69, 9.17) is 4.74 Å². The van der Waals surface area contributed by atoms with Gasteiger partial charge in [-0.3, -0.25) is 9.36 Å². The lowest BCUT2D eigenvalue weighted by atomic mass is 10.2. The molecule has 6 heteroatoms. The molecule has 0 aliphatic rings. The molecule has 4 rings (SSSR count). The van der Waals surface area contributed by atoms with E-state index in [0.29, 0.717) is 29.6 Å². The van der Waals surface area contributed by atoms with Crippen molar-refractivity contribution in [3.63, 3.8) is 0 Å². The van der Waals surface area contributed by atoms with Gasteiger partial charge in [0.05, 0.1) is 35.4 Å². The van der Waals surface area contributed by atoms with Gasteiger partial charge in [0.25, 0.3) is 5.56 Å². The van der Waals surface area contributed by atoms with Gasteiger partial charge in [0.1, 0.15) is 11.6 Å². The minimum atomic E-state index is -0.0733. The number of aromatic nitrogens is 4. The van der Waals surface area contributed by atoms with Crippen molar-refractivity contribution in [2.45, 2.75) is 19.9 Å². The van der Waals surface area contributed by atoms with Gasteiger partial charge >= 0.3 is 0 Å². The average molecular weight is 334 g/mol. The van der Waals surface area contributed by atoms with Crippen LogP contribution in [0.2, 0.25) is 0 Å². The number of nitrogens with zero attached hydrogens (tertiary/aromatic N) is 3. The van der Waals surface area contributed by atoms with Gasteiger partial charge in [-0.2, -0.15) is 0 Å². The summed E-state index contributed by atoms with van der Waals surface area (Å²) in [5.41, 5.74) is 3.74. The molecular formula is C19H18N4O2. The third-order valence-electron chi connectivity index (χ3n) is 4.31. The Hall–Kier alpha value is -3.15. The Morgan fingerprint density at radius 1 is 1.16 bits per heavy atom. The Morgan fingerprint density at radius 3 is 2.84 bits per heavy atom. The fraction of sp³-hybridized carbons (Fsp3) is 0.211. The van der Waals surface area contributed by atoms with Crippen LogP contribution in [0.5, 0.6) is 5.75 Å². The van der Waals surface area contributed by atoms with Crippen LogP contribution in [-0.4, -0.2) is 26.6 Å². The SMILES string of the molecule is COc1ccc2ncn(CCc3nc4ccc(C)cc4[nH]3)c(=O)c2c1. The number of aryl methyl sites for hydroxylation is 3. The molecule has 2 aromatic heterocycles. The van der Waals surface area contributed by atoms with Crippen LogP contribution in [0, 0.1) is 6.92 Å². The third-order valence-corrected chi connectivity index (χ3v) is 4.31. The highest BCUT2D eigenvalue weighted by molar-refractivity contribution is 5.79. The fourth-order valence-corrected chi connectivity index (χ4v) is 2.95. The first-order valence-electron chi connectivity index (χ1n) is 8.12. The van der Waals surface area contributed by atoms with E-state index < -0.39 is 0 Å². The lowest BCUT2D eigenvalue weighted by Gasteiger charge is -2.06. The molecule has 0 saturated heterocycles. The van der Waals surface area contributed by atoms with Crippen LogP contribution >= 0.6 is 0 Å². The van der Waals surface area contributed by atoms with Gasteiger partial charge in [-0.1, -0.05) is 6.07 Å². The van der Waals surface area contributed by atoms with Crippen LogP contribution in [0.25, 0.3) is 21.9 Å². The first-order chi connectivity index (χ1) is 12.1. The van der Waals surface area contributed by atoms with Crippen molar-refractivity contribution in [2.75, 3.05) is 7.11 Å². The molecule has 0 aliphatic heterocycles. The minimum Gasteiger partial charge on any atom is -0.497 e. The Balaban J connectivity index is 1.63. The number of ether oxygens (including phenoxy) is 1. The van der Waals surface area contributed by atoms with Gasteiger partial charge < -0.3 is 9.72 Å². The quantitative estimate of drug-likeness (QED) is 0.623. The molecule has 2 aromatic carbocycles. The van der Waals surface area contributed by atoms with Crippen LogP contribution in [-0.2, 0) is 13.0 Å². The zero-order valence-corrected chi connectivity index (χ0v) is 14.1. The molecule has 126 valence electrons. The highest BCUT2D eigenvalue weighted by atomic mass is 16.5. The number of methoxy groups -OCH3 is 1. The molecule has 1 N–H and O–H groups in total. The smallest absolute Gasteiger partial charge is 0.261 e. The molecule has 6 nitrogen and oxygen atoms in total. The number of fused-ring (bicyclic) bond motifs is 2. The van der Waals surface area contributed by atoms with Crippen molar-refractivity contribution in [1.29, 1.82) is 0 Å². The molecule has 0 unspecified atom stereocenters. The standard InChI is InChI=1S/C19H18N4O2/c1-12-3-5-16-17(9-12)22-18(21-16)7-8-23-11-20-15-6-4-13(25-2)10-14(15)19(23)24/h3-6,9-11H,7-8H2,1-2H3,(H,21,22). The first-order valence-corrected chi connectivity index (χ1v) is 8.12. The highest BCUT2D eigenvalue weighted by Gasteiger charge is 2.08. The molecule has 0 spiro atoms. The van der Waals surface area contributed by atoms with Gasteiger partial charge in [-0.25, -0.2) is 9.97 Å². The summed E-state index contributed by atoms with van der Waals surface area (Å²) in [4.78, 5) is 24.9. The van der Waals surface area contributed by atoms with Gasteiger partial charge in [-0.05, 0) is 42.8 Å². The molecule has 25 heavy (non-hydrogen) atoms. The van der Waals surface area contributed by atoms with Gasteiger partial charge in [0.15, 0.2) is 0 Å². The van der Waals surface area contributed by atoms with E-state index in [1.165, 1.54) is 5.56 Å². The summed E-state index contributed by atoms with van der Waals surface area (Å²) in [6.07, 6.45) is 2.22. The highest BCUT2D eigenvalue weighted by Crippen LogP contribution is 2.16. The van der Waals surface area contributed by atoms with Crippen LogP contribution in [0.15, 0.2) is 47.5 Å². The second-order valence-corrected chi connectivity index (χ2v) is 6.08. The maximum absolute atomic E-state index is 12.7. The predicted octanol–water partition coefficient (Wildman–Crippen LogP) is 2.83. The van der Waals surface area contributed by atoms with Crippen LogP contribution in [0.3, 0.4) is 0 Å². The third kappa shape index (κ3) is 2.87. The first kappa shape index (κ1) is 15.4. The van der Waals surface area contributed by atoms with Crippen molar-refractivity contribution < 1.29 is 4.74 Å². The molecule has 0 radical (unpaired) electrons. The summed E-state index contributed by atoms with van der Waals surface area (Å²) >= 11 is 0. The van der Waals surface area contributed by atoms with E-state index in [1.807, 2.05) is 12.1 Å². The lowest BCUT2D eigenvalue weighted by Crippen LogP contribution is -2.21. The van der Waals surface area contributed by atoms with Crippen molar-refractivity contribution in [2.24, 2.45) is 0 Å². The van der Waals surface area contributed by atoms with Crippen LogP contribution < -0.4 is 10.3 Å². The normalized spacial score (nSPS) is 11.3. The number of aromatic amines is 1. The number of benzene rings is 2. The van der Waals surface area contributed by atoms with Crippen LogP contribution in [0.1, 0.15) is 11.4 Å². The Bertz CT molecular complexity index is 1130. The molecule has 2 heterocycles. The molecule has 0 aliphatic carbocycles. The summed E-state index contributed by atoms with van der Waals surface area (Å²) in [6.45, 7) is 2.56. The van der Waals surface area contributed by atoms with Gasteiger partial charge in [0, 0.05) is 13.0 Å². The largest absolute Gasteiger partial charge is 0.497 e. The van der Waals surface area contributed by atoms with E-state index >= 15 is 0 Å². The van der Waals surface area contributed by atoms with Crippen molar-refractivity contribution in [3.05, 3.63) is 64.5 Å². The molecule has 0 amide bonds. The number of hydrogen-bond acceptors (Lipinski definition) is 4. The average Bonchev–Trinajstić information content (AvgIpc) is 3.03. The summed E-state index contributed by atoms with van der Waals surface area (Å²) in [5.74, 6) is 1.51. The van der Waals surface area contributed by atoms with E-state index in [9.17, 15) is 4.79 Å². The van der Waals surface area contributed by atoms with E-state index in [-0.39, 0.29) is 5.56 Å². The molecule has 4 aromatic rings. The lowest BCUT2D eigenvalue weighted by molar-refractivity contribution is 0.415. The summed E-state index contributed by atoms with van der Waals surface area (Å²) in [5, 5.41) is 0.557. The summed E-state index contributed by atoms with van der Waals surface area (Å²) in [6, 6.07) is 11.4. The Morgan fingerprint density at radius 2 is 2.00 bits per heavy atom. The maximum Gasteiger partial charge on any atom is 0.261 e. The molecule has 0 fully saturated rings. The van der Waals surface area contributed by atoms with Crippen LogP contribution in [0.4, 0.5) is 0 Å². The van der Waals surface area contributed by atoms with E-state index in [2.05, 4.69) is 27.9 Å². The molecule has 0 atom stereocenters. The second-order valence-electron chi connectivity index (χ2n) is 6.08. The maximum atomic E-state index is 12.7. The zero-order valence-electron chi connectivity index (χ0n) is 14.1. The summed E-state index contributed by atoms with van der Waals surface area (Å²) in [7, 11) is 1.58.